The summed E-state index contributed by atoms with van der Waals surface area (Å²) in [7, 11) is 2.08. The first-order chi connectivity index (χ1) is 9.24. The molecule has 0 aromatic heterocycles. The maximum Gasteiger partial charge on any atom is 0.231 e. The first-order valence-electron chi connectivity index (χ1n) is 6.58. The maximum atomic E-state index is 12.3. The van der Waals surface area contributed by atoms with Crippen molar-refractivity contribution in [1.29, 1.82) is 0 Å². The zero-order chi connectivity index (χ0) is 13.2. The number of carbonyl (C=O) groups excluding carboxylic acids is 1. The monoisotopic (exact) mass is 262 g/mol. The molecule has 0 bridgehead atoms. The molecule has 0 saturated carbocycles. The van der Waals surface area contributed by atoms with E-state index < -0.39 is 0 Å². The van der Waals surface area contributed by atoms with Crippen LogP contribution in [0.1, 0.15) is 5.56 Å². The van der Waals surface area contributed by atoms with Crippen molar-refractivity contribution in [2.45, 2.75) is 6.42 Å². The minimum absolute atomic E-state index is 0.164. The van der Waals surface area contributed by atoms with Gasteiger partial charge in [-0.05, 0) is 13.1 Å². The Morgan fingerprint density at radius 3 is 2.79 bits per heavy atom. The van der Waals surface area contributed by atoms with E-state index in [2.05, 4.69) is 11.9 Å². The Labute approximate surface area is 112 Å². The number of rotatable bonds is 2. The molecular formula is C14H18N2O3. The smallest absolute Gasteiger partial charge is 0.231 e. The summed E-state index contributed by atoms with van der Waals surface area (Å²) in [5.41, 5.74) is 0.916. The predicted octanol–water partition coefficient (Wildman–Crippen LogP) is 0.732. The quantitative estimate of drug-likeness (QED) is 0.788. The van der Waals surface area contributed by atoms with E-state index in [0.717, 1.165) is 43.2 Å². The van der Waals surface area contributed by atoms with Gasteiger partial charge in [-0.1, -0.05) is 12.1 Å². The Morgan fingerprint density at radius 1 is 1.21 bits per heavy atom. The number of para-hydroxylation sites is 1. The van der Waals surface area contributed by atoms with Crippen LogP contribution in [0.3, 0.4) is 0 Å². The van der Waals surface area contributed by atoms with E-state index in [1.165, 1.54) is 0 Å². The highest BCUT2D eigenvalue weighted by Crippen LogP contribution is 2.35. The Hall–Kier alpha value is -1.75. The molecule has 1 fully saturated rings. The van der Waals surface area contributed by atoms with Crippen LogP contribution in [0.25, 0.3) is 0 Å². The molecule has 0 spiro atoms. The highest BCUT2D eigenvalue weighted by molar-refractivity contribution is 5.80. The minimum atomic E-state index is 0.164. The molecule has 0 aliphatic carbocycles. The van der Waals surface area contributed by atoms with Gasteiger partial charge in [0.15, 0.2) is 11.5 Å². The number of nitrogens with zero attached hydrogens (tertiary/aromatic N) is 2. The van der Waals surface area contributed by atoms with Crippen LogP contribution in [0.2, 0.25) is 0 Å². The fourth-order valence-corrected chi connectivity index (χ4v) is 2.46. The van der Waals surface area contributed by atoms with Gasteiger partial charge >= 0.3 is 0 Å². The number of hydrogen-bond acceptors (Lipinski definition) is 4. The Balaban J connectivity index is 1.68. The molecule has 5 nitrogen and oxygen atoms in total. The number of piperazine rings is 1. The number of fused-ring (bicyclic) bond motifs is 1. The molecule has 2 aliphatic rings. The van der Waals surface area contributed by atoms with Crippen LogP contribution in [-0.2, 0) is 11.2 Å². The zero-order valence-electron chi connectivity index (χ0n) is 11.1. The molecule has 5 heteroatoms. The van der Waals surface area contributed by atoms with Crippen molar-refractivity contribution in [3.63, 3.8) is 0 Å². The topological polar surface area (TPSA) is 42.0 Å². The van der Waals surface area contributed by atoms with Crippen molar-refractivity contribution in [2.75, 3.05) is 40.0 Å². The number of ether oxygens (including phenoxy) is 2. The van der Waals surface area contributed by atoms with E-state index in [4.69, 9.17) is 9.47 Å². The van der Waals surface area contributed by atoms with Gasteiger partial charge in [0.05, 0.1) is 6.42 Å². The predicted molar refractivity (Wildman–Crippen MR) is 70.3 cm³/mol. The number of likely N-dealkylation sites (N-methyl/N-ethyl adjacent to an activating group) is 1. The largest absolute Gasteiger partial charge is 0.454 e. The number of hydrogen-bond donors (Lipinski definition) is 0. The number of benzene rings is 1. The van der Waals surface area contributed by atoms with Gasteiger partial charge in [-0.25, -0.2) is 0 Å². The summed E-state index contributed by atoms with van der Waals surface area (Å²) in [6.45, 7) is 3.75. The molecule has 0 unspecified atom stereocenters. The maximum absolute atomic E-state index is 12.3. The Kier molecular flexibility index (Phi) is 3.29. The van der Waals surface area contributed by atoms with Crippen LogP contribution in [0.4, 0.5) is 0 Å². The highest BCUT2D eigenvalue weighted by Gasteiger charge is 2.23. The minimum Gasteiger partial charge on any atom is -0.454 e. The molecule has 2 heterocycles. The standard InChI is InChI=1S/C14H18N2O3/c1-15-5-7-16(8-6-15)13(17)9-11-3-2-4-12-14(11)19-10-18-12/h2-4H,5-10H2,1H3. The van der Waals surface area contributed by atoms with Crippen molar-refractivity contribution < 1.29 is 14.3 Å². The van der Waals surface area contributed by atoms with Gasteiger partial charge in [0, 0.05) is 31.7 Å². The summed E-state index contributed by atoms with van der Waals surface area (Å²) in [6.07, 6.45) is 0.385. The van der Waals surface area contributed by atoms with Crippen LogP contribution in [0.15, 0.2) is 18.2 Å². The fourth-order valence-electron chi connectivity index (χ4n) is 2.46. The summed E-state index contributed by atoms with van der Waals surface area (Å²) in [5, 5.41) is 0. The molecule has 0 radical (unpaired) electrons. The third kappa shape index (κ3) is 2.51. The third-order valence-electron chi connectivity index (χ3n) is 3.68. The van der Waals surface area contributed by atoms with E-state index in [-0.39, 0.29) is 12.7 Å². The lowest BCUT2D eigenvalue weighted by Crippen LogP contribution is -2.47. The summed E-state index contributed by atoms with van der Waals surface area (Å²) in [6, 6.07) is 5.70. The average molecular weight is 262 g/mol. The molecule has 1 saturated heterocycles. The summed E-state index contributed by atoms with van der Waals surface area (Å²) < 4.78 is 10.8. The van der Waals surface area contributed by atoms with E-state index in [1.807, 2.05) is 23.1 Å². The molecule has 0 atom stereocenters. The highest BCUT2D eigenvalue weighted by atomic mass is 16.7. The van der Waals surface area contributed by atoms with Gasteiger partial charge < -0.3 is 19.3 Å². The van der Waals surface area contributed by atoms with Gasteiger partial charge in [-0.2, -0.15) is 0 Å². The molecule has 1 aromatic carbocycles. The lowest BCUT2D eigenvalue weighted by Gasteiger charge is -2.32. The average Bonchev–Trinajstić information content (AvgIpc) is 2.89. The molecule has 3 rings (SSSR count). The van der Waals surface area contributed by atoms with Gasteiger partial charge in [0.1, 0.15) is 0 Å². The van der Waals surface area contributed by atoms with Gasteiger partial charge in [0.2, 0.25) is 12.7 Å². The van der Waals surface area contributed by atoms with Crippen LogP contribution in [0.5, 0.6) is 11.5 Å². The van der Waals surface area contributed by atoms with E-state index >= 15 is 0 Å². The molecule has 0 N–H and O–H groups in total. The van der Waals surface area contributed by atoms with Crippen LogP contribution in [0, 0.1) is 0 Å². The normalized spacial score (nSPS) is 18.7. The Morgan fingerprint density at radius 2 is 2.00 bits per heavy atom. The fraction of sp³-hybridized carbons (Fsp3) is 0.500. The zero-order valence-corrected chi connectivity index (χ0v) is 11.1. The second kappa shape index (κ2) is 5.09. The lowest BCUT2D eigenvalue weighted by atomic mass is 10.1. The van der Waals surface area contributed by atoms with E-state index in [1.54, 1.807) is 0 Å². The van der Waals surface area contributed by atoms with Crippen molar-refractivity contribution in [2.24, 2.45) is 0 Å². The van der Waals surface area contributed by atoms with Crippen molar-refractivity contribution in [3.8, 4) is 11.5 Å². The van der Waals surface area contributed by atoms with Crippen LogP contribution < -0.4 is 9.47 Å². The Bertz CT molecular complexity index is 482. The van der Waals surface area contributed by atoms with Gasteiger partial charge in [0.25, 0.3) is 0 Å². The second-order valence-electron chi connectivity index (χ2n) is 5.01. The van der Waals surface area contributed by atoms with Crippen molar-refractivity contribution in [1.82, 2.24) is 9.80 Å². The second-order valence-corrected chi connectivity index (χ2v) is 5.01. The van der Waals surface area contributed by atoms with E-state index in [0.29, 0.717) is 6.42 Å². The first-order valence-corrected chi connectivity index (χ1v) is 6.58. The van der Waals surface area contributed by atoms with Gasteiger partial charge in [-0.15, -0.1) is 0 Å². The molecule has 19 heavy (non-hydrogen) atoms. The SMILES string of the molecule is CN1CCN(C(=O)Cc2cccc3c2OCO3)CC1. The lowest BCUT2D eigenvalue weighted by molar-refractivity contribution is -0.132. The van der Waals surface area contributed by atoms with E-state index in [9.17, 15) is 4.79 Å². The summed E-state index contributed by atoms with van der Waals surface area (Å²) >= 11 is 0. The summed E-state index contributed by atoms with van der Waals surface area (Å²) in [4.78, 5) is 16.4. The van der Waals surface area contributed by atoms with Crippen LogP contribution in [-0.4, -0.2) is 55.7 Å². The molecule has 2 aliphatic heterocycles. The number of amides is 1. The molecule has 102 valence electrons. The number of carbonyl (C=O) groups is 1. The third-order valence-corrected chi connectivity index (χ3v) is 3.68. The summed E-state index contributed by atoms with van der Waals surface area (Å²) in [5.74, 6) is 1.63. The molecule has 1 amide bonds. The van der Waals surface area contributed by atoms with Crippen molar-refractivity contribution >= 4 is 5.91 Å². The van der Waals surface area contributed by atoms with Gasteiger partial charge in [-0.3, -0.25) is 4.79 Å². The molecule has 1 aromatic rings. The van der Waals surface area contributed by atoms with Crippen LogP contribution >= 0.6 is 0 Å². The first kappa shape index (κ1) is 12.3. The van der Waals surface area contributed by atoms with Crippen molar-refractivity contribution in [3.05, 3.63) is 23.8 Å². The molecular weight excluding hydrogens is 244 g/mol.